The molecule has 0 saturated heterocycles. The lowest BCUT2D eigenvalue weighted by Gasteiger charge is -2.02. The zero-order valence-electron chi connectivity index (χ0n) is 12.7. The van der Waals surface area contributed by atoms with Crippen molar-refractivity contribution in [2.75, 3.05) is 0 Å². The lowest BCUT2D eigenvalue weighted by molar-refractivity contribution is 0.598. The zero-order valence-corrected chi connectivity index (χ0v) is 14.3. The maximum Gasteiger partial charge on any atom is 0.238 e. The molecule has 2 atom stereocenters. The average Bonchev–Trinajstić information content (AvgIpc) is 2.94. The van der Waals surface area contributed by atoms with Crippen molar-refractivity contribution in [3.05, 3.63) is 39.8 Å². The molecule has 0 aliphatic heterocycles. The average molecular weight is 349 g/mol. The molecule has 23 heavy (non-hydrogen) atoms. The van der Waals surface area contributed by atoms with Gasteiger partial charge in [0.05, 0.1) is 4.90 Å². The molecule has 2 aliphatic carbocycles. The summed E-state index contributed by atoms with van der Waals surface area (Å²) >= 11 is 1.77. The molecular weight excluding hydrogens is 330 g/mol. The molecule has 122 valence electrons. The van der Waals surface area contributed by atoms with Crippen molar-refractivity contribution in [1.29, 1.82) is 0 Å². The molecule has 2 aliphatic rings. The van der Waals surface area contributed by atoms with Gasteiger partial charge in [0, 0.05) is 11.8 Å². The summed E-state index contributed by atoms with van der Waals surface area (Å²) in [6, 6.07) is 6.90. The van der Waals surface area contributed by atoms with Gasteiger partial charge in [0.15, 0.2) is 0 Å². The second kappa shape index (κ2) is 5.65. The van der Waals surface area contributed by atoms with Crippen LogP contribution < -0.4 is 5.14 Å². The Balaban J connectivity index is 1.47. The fourth-order valence-electron chi connectivity index (χ4n) is 3.48. The van der Waals surface area contributed by atoms with Gasteiger partial charge >= 0.3 is 0 Å². The quantitative estimate of drug-likeness (QED) is 0.919. The summed E-state index contributed by atoms with van der Waals surface area (Å²) in [5, 5.41) is 16.3. The summed E-state index contributed by atoms with van der Waals surface area (Å²) in [6.45, 7) is 0. The van der Waals surface area contributed by atoms with Gasteiger partial charge in [0.25, 0.3) is 0 Å². The highest BCUT2D eigenvalue weighted by Gasteiger charge is 2.42. The van der Waals surface area contributed by atoms with Crippen LogP contribution in [0, 0.1) is 0 Å². The zero-order chi connectivity index (χ0) is 16.0. The highest BCUT2D eigenvalue weighted by atomic mass is 32.2. The normalized spacial score (nSPS) is 24.9. The first-order valence-corrected chi connectivity index (χ1v) is 10.3. The predicted octanol–water partition coefficient (Wildman–Crippen LogP) is 3.11. The van der Waals surface area contributed by atoms with Crippen molar-refractivity contribution in [3.63, 3.8) is 0 Å². The first-order valence-electron chi connectivity index (χ1n) is 7.98. The van der Waals surface area contributed by atoms with E-state index in [0.29, 0.717) is 17.8 Å². The van der Waals surface area contributed by atoms with E-state index in [2.05, 4.69) is 10.2 Å². The Morgan fingerprint density at radius 3 is 2.30 bits per heavy atom. The molecule has 2 N–H and O–H groups in total. The monoisotopic (exact) mass is 349 g/mol. The minimum absolute atomic E-state index is 0.165. The third-order valence-corrected chi connectivity index (χ3v) is 7.05. The van der Waals surface area contributed by atoms with E-state index in [9.17, 15) is 8.42 Å². The number of nitrogens with two attached hydrogens (primary N) is 1. The fourth-order valence-corrected chi connectivity index (χ4v) is 5.18. The molecule has 0 spiro atoms. The van der Waals surface area contributed by atoms with E-state index in [1.54, 1.807) is 23.5 Å². The molecule has 0 bridgehead atoms. The van der Waals surface area contributed by atoms with E-state index in [1.807, 2.05) is 12.1 Å². The summed E-state index contributed by atoms with van der Waals surface area (Å²) < 4.78 is 22.6. The number of aromatic nitrogens is 2. The molecule has 1 heterocycles. The van der Waals surface area contributed by atoms with Crippen LogP contribution in [0.3, 0.4) is 0 Å². The van der Waals surface area contributed by atoms with Gasteiger partial charge < -0.3 is 0 Å². The van der Waals surface area contributed by atoms with Crippen LogP contribution in [0.1, 0.15) is 65.4 Å². The van der Waals surface area contributed by atoms with Crippen LogP contribution in [0.4, 0.5) is 0 Å². The first-order chi connectivity index (χ1) is 11.0. The van der Waals surface area contributed by atoms with E-state index in [1.165, 1.54) is 30.7 Å². The topological polar surface area (TPSA) is 85.9 Å². The summed E-state index contributed by atoms with van der Waals surface area (Å²) in [6.07, 6.45) is 6.17. The largest absolute Gasteiger partial charge is 0.238 e. The van der Waals surface area contributed by atoms with Crippen LogP contribution in [-0.2, 0) is 10.0 Å². The molecule has 1 aromatic heterocycles. The van der Waals surface area contributed by atoms with Gasteiger partial charge in [-0.25, -0.2) is 13.6 Å². The molecule has 2 aromatic rings. The lowest BCUT2D eigenvalue weighted by atomic mass is 10.1. The molecule has 5 nitrogen and oxygen atoms in total. The van der Waals surface area contributed by atoms with Crippen molar-refractivity contribution >= 4 is 21.4 Å². The van der Waals surface area contributed by atoms with Crippen LogP contribution >= 0.6 is 11.3 Å². The maximum absolute atomic E-state index is 11.3. The van der Waals surface area contributed by atoms with Crippen LogP contribution in [0.5, 0.6) is 0 Å². The summed E-state index contributed by atoms with van der Waals surface area (Å²) in [5.74, 6) is 1.48. The molecule has 0 amide bonds. The Labute approximate surface area is 140 Å². The van der Waals surface area contributed by atoms with Crippen molar-refractivity contribution in [1.82, 2.24) is 10.2 Å². The van der Waals surface area contributed by atoms with Crippen molar-refractivity contribution in [2.24, 2.45) is 5.14 Å². The van der Waals surface area contributed by atoms with E-state index in [0.717, 1.165) is 17.0 Å². The van der Waals surface area contributed by atoms with Crippen molar-refractivity contribution in [2.45, 2.75) is 54.8 Å². The maximum atomic E-state index is 11.3. The standard InChI is InChI=1S/C16H19N3O2S2/c17-23(20,21)12-7-5-10(6-8-12)13-9-14(13)16-19-18-15(22-16)11-3-1-2-4-11/h5-8,11,13-14H,1-4,9H2,(H2,17,20,21)/t13-,14+/m0/s1. The van der Waals surface area contributed by atoms with Crippen LogP contribution in [0.15, 0.2) is 29.2 Å². The molecule has 0 radical (unpaired) electrons. The lowest BCUT2D eigenvalue weighted by Crippen LogP contribution is -2.11. The summed E-state index contributed by atoms with van der Waals surface area (Å²) in [5.41, 5.74) is 1.15. The number of hydrogen-bond donors (Lipinski definition) is 1. The van der Waals surface area contributed by atoms with Gasteiger partial charge in [-0.05, 0) is 42.9 Å². The van der Waals surface area contributed by atoms with Crippen molar-refractivity contribution < 1.29 is 8.42 Å². The molecule has 7 heteroatoms. The van der Waals surface area contributed by atoms with E-state index >= 15 is 0 Å². The molecule has 0 unspecified atom stereocenters. The number of primary sulfonamides is 1. The third kappa shape index (κ3) is 3.05. The second-order valence-corrected chi connectivity index (χ2v) is 9.12. The van der Waals surface area contributed by atoms with Gasteiger partial charge in [-0.1, -0.05) is 25.0 Å². The Kier molecular flexibility index (Phi) is 3.74. The summed E-state index contributed by atoms with van der Waals surface area (Å²) in [4.78, 5) is 0.165. The predicted molar refractivity (Wildman–Crippen MR) is 89.0 cm³/mol. The summed E-state index contributed by atoms with van der Waals surface area (Å²) in [7, 11) is -3.62. The highest BCUT2D eigenvalue weighted by Crippen LogP contribution is 2.55. The van der Waals surface area contributed by atoms with Gasteiger partial charge in [0.2, 0.25) is 10.0 Å². The van der Waals surface area contributed by atoms with E-state index in [-0.39, 0.29) is 4.90 Å². The number of benzene rings is 1. The van der Waals surface area contributed by atoms with Gasteiger partial charge in [0.1, 0.15) is 10.0 Å². The molecular formula is C16H19N3O2S2. The SMILES string of the molecule is NS(=O)(=O)c1ccc([C@@H]2C[C@H]2c2nnc(C3CCCC3)s2)cc1. The number of rotatable bonds is 4. The third-order valence-electron chi connectivity index (χ3n) is 4.91. The number of hydrogen-bond acceptors (Lipinski definition) is 5. The van der Waals surface area contributed by atoms with Gasteiger partial charge in [-0.15, -0.1) is 21.5 Å². The fraction of sp³-hybridized carbons (Fsp3) is 0.500. The van der Waals surface area contributed by atoms with E-state index < -0.39 is 10.0 Å². The smallest absolute Gasteiger partial charge is 0.225 e. The molecule has 4 rings (SSSR count). The molecule has 1 aromatic carbocycles. The Hall–Kier alpha value is -1.31. The van der Waals surface area contributed by atoms with E-state index in [4.69, 9.17) is 5.14 Å². The van der Waals surface area contributed by atoms with Crippen LogP contribution in [0.2, 0.25) is 0 Å². The van der Waals surface area contributed by atoms with Crippen LogP contribution in [0.25, 0.3) is 0 Å². The molecule has 2 fully saturated rings. The van der Waals surface area contributed by atoms with Gasteiger partial charge in [-0.2, -0.15) is 0 Å². The highest BCUT2D eigenvalue weighted by molar-refractivity contribution is 7.89. The first kappa shape index (κ1) is 15.2. The Morgan fingerprint density at radius 2 is 1.65 bits per heavy atom. The molecule has 2 saturated carbocycles. The van der Waals surface area contributed by atoms with Gasteiger partial charge in [-0.3, -0.25) is 0 Å². The minimum Gasteiger partial charge on any atom is -0.225 e. The van der Waals surface area contributed by atoms with Crippen molar-refractivity contribution in [3.8, 4) is 0 Å². The second-order valence-electron chi connectivity index (χ2n) is 6.52. The Morgan fingerprint density at radius 1 is 1.00 bits per heavy atom. The Bertz CT molecular complexity index is 808. The van der Waals surface area contributed by atoms with Crippen LogP contribution in [-0.4, -0.2) is 18.6 Å². The number of sulfonamides is 1. The minimum atomic E-state index is -3.62. The number of nitrogens with zero attached hydrogens (tertiary/aromatic N) is 2.